The zero-order chi connectivity index (χ0) is 13.5. The number of benzene rings is 1. The minimum absolute atomic E-state index is 0.256. The number of aromatic nitrogens is 2. The van der Waals surface area contributed by atoms with Gasteiger partial charge in [0.2, 0.25) is 0 Å². The van der Waals surface area contributed by atoms with Gasteiger partial charge in [0.05, 0.1) is 5.69 Å². The third kappa shape index (κ3) is 2.15. The lowest BCUT2D eigenvalue weighted by Gasteiger charge is -2.04. The number of H-pyrrole nitrogens is 1. The van der Waals surface area contributed by atoms with Gasteiger partial charge in [0.1, 0.15) is 5.69 Å². The van der Waals surface area contributed by atoms with Gasteiger partial charge < -0.3 is 0 Å². The van der Waals surface area contributed by atoms with E-state index in [9.17, 15) is 18.0 Å². The summed E-state index contributed by atoms with van der Waals surface area (Å²) in [6, 6.07) is 6.01. The summed E-state index contributed by atoms with van der Waals surface area (Å²) < 4.78 is 38.7. The zero-order valence-corrected chi connectivity index (χ0v) is 9.93. The minimum Gasteiger partial charge on any atom is -0.286 e. The summed E-state index contributed by atoms with van der Waals surface area (Å²) in [6.07, 6.45) is -4.59. The van der Waals surface area contributed by atoms with Crippen LogP contribution < -0.4 is 5.56 Å². The van der Waals surface area contributed by atoms with E-state index in [-0.39, 0.29) is 11.3 Å². The van der Waals surface area contributed by atoms with E-state index < -0.39 is 17.4 Å². The summed E-state index contributed by atoms with van der Waals surface area (Å²) in [5.41, 5.74) is -1.91. The Bertz CT molecular complexity index is 642. The largest absolute Gasteiger partial charge is 0.433 e. The van der Waals surface area contributed by atoms with Gasteiger partial charge in [-0.25, -0.2) is 4.68 Å². The molecule has 1 N–H and O–H groups in total. The smallest absolute Gasteiger partial charge is 0.286 e. The molecule has 0 spiro atoms. The predicted octanol–water partition coefficient (Wildman–Crippen LogP) is 3.15. The molecule has 3 nitrogen and oxygen atoms in total. The Labute approximate surface area is 105 Å². The summed E-state index contributed by atoms with van der Waals surface area (Å²) in [4.78, 5) is 11.7. The topological polar surface area (TPSA) is 37.8 Å². The standard InChI is InChI=1S/C11H8ClF3N2O/c1-6-9(11(13,14)15)16-17(10(6)18)8-4-2-3-7(12)5-8/h2-5,16H,1H3. The predicted molar refractivity (Wildman–Crippen MR) is 61.1 cm³/mol. The summed E-state index contributed by atoms with van der Waals surface area (Å²) >= 11 is 5.73. The zero-order valence-electron chi connectivity index (χ0n) is 9.18. The number of halogens is 4. The fourth-order valence-electron chi connectivity index (χ4n) is 1.59. The molecule has 1 aromatic heterocycles. The van der Waals surface area contributed by atoms with Crippen molar-refractivity contribution in [3.8, 4) is 5.69 Å². The molecule has 0 radical (unpaired) electrons. The van der Waals surface area contributed by atoms with Crippen LogP contribution in [0.2, 0.25) is 5.02 Å². The maximum atomic E-state index is 12.6. The van der Waals surface area contributed by atoms with Gasteiger partial charge in [-0.2, -0.15) is 13.2 Å². The van der Waals surface area contributed by atoms with Crippen molar-refractivity contribution >= 4 is 11.6 Å². The van der Waals surface area contributed by atoms with Crippen molar-refractivity contribution in [3.05, 3.63) is 50.9 Å². The molecule has 0 amide bonds. The molecule has 2 aromatic rings. The molecule has 0 bridgehead atoms. The second-order valence-electron chi connectivity index (χ2n) is 3.73. The fraction of sp³-hybridized carbons (Fsp3) is 0.182. The molecule has 0 atom stereocenters. The quantitative estimate of drug-likeness (QED) is 0.854. The van der Waals surface area contributed by atoms with Crippen LogP contribution in [0.5, 0.6) is 0 Å². The van der Waals surface area contributed by atoms with Crippen LogP contribution in [0.25, 0.3) is 5.69 Å². The number of hydrogen-bond acceptors (Lipinski definition) is 1. The van der Waals surface area contributed by atoms with Crippen LogP contribution in [0.4, 0.5) is 13.2 Å². The van der Waals surface area contributed by atoms with E-state index in [4.69, 9.17) is 11.6 Å². The van der Waals surface area contributed by atoms with Crippen molar-refractivity contribution < 1.29 is 13.2 Å². The SMILES string of the molecule is Cc1c(C(F)(F)F)[nH]n(-c2cccc(Cl)c2)c1=O. The van der Waals surface area contributed by atoms with Gasteiger partial charge in [-0.3, -0.25) is 9.89 Å². The molecule has 0 aliphatic heterocycles. The molecule has 1 heterocycles. The summed E-state index contributed by atoms with van der Waals surface area (Å²) in [7, 11) is 0. The number of aromatic amines is 1. The van der Waals surface area contributed by atoms with Crippen molar-refractivity contribution in [2.45, 2.75) is 13.1 Å². The minimum atomic E-state index is -4.59. The molecular formula is C11H8ClF3N2O. The van der Waals surface area contributed by atoms with Crippen LogP contribution in [0.3, 0.4) is 0 Å². The molecule has 0 aliphatic carbocycles. The molecular weight excluding hydrogens is 269 g/mol. The lowest BCUT2D eigenvalue weighted by atomic mass is 10.2. The highest BCUT2D eigenvalue weighted by atomic mass is 35.5. The fourth-order valence-corrected chi connectivity index (χ4v) is 1.78. The van der Waals surface area contributed by atoms with Crippen molar-refractivity contribution in [1.82, 2.24) is 9.78 Å². The van der Waals surface area contributed by atoms with Crippen molar-refractivity contribution in [2.75, 3.05) is 0 Å². The molecule has 0 saturated carbocycles. The van der Waals surface area contributed by atoms with E-state index >= 15 is 0 Å². The first-order valence-electron chi connectivity index (χ1n) is 4.95. The van der Waals surface area contributed by atoms with Gasteiger partial charge in [0.15, 0.2) is 0 Å². The molecule has 0 fully saturated rings. The van der Waals surface area contributed by atoms with E-state index in [1.807, 2.05) is 0 Å². The Morgan fingerprint density at radius 3 is 2.50 bits per heavy atom. The summed E-state index contributed by atoms with van der Waals surface area (Å²) in [6.45, 7) is 1.13. The van der Waals surface area contributed by atoms with Gasteiger partial charge in [0, 0.05) is 10.6 Å². The molecule has 0 saturated heterocycles. The second-order valence-corrected chi connectivity index (χ2v) is 4.17. The van der Waals surface area contributed by atoms with E-state index in [0.29, 0.717) is 5.02 Å². The number of hydrogen-bond donors (Lipinski definition) is 1. The van der Waals surface area contributed by atoms with Gasteiger partial charge in [0.25, 0.3) is 5.56 Å². The third-order valence-electron chi connectivity index (χ3n) is 2.47. The van der Waals surface area contributed by atoms with Crippen LogP contribution >= 0.6 is 11.6 Å². The first-order valence-corrected chi connectivity index (χ1v) is 5.33. The Morgan fingerprint density at radius 2 is 2.00 bits per heavy atom. The Kier molecular flexibility index (Phi) is 2.98. The number of nitrogens with zero attached hydrogens (tertiary/aromatic N) is 1. The maximum absolute atomic E-state index is 12.6. The van der Waals surface area contributed by atoms with Gasteiger partial charge in [-0.15, -0.1) is 0 Å². The van der Waals surface area contributed by atoms with E-state index in [2.05, 4.69) is 5.10 Å². The Balaban J connectivity index is 2.64. The first-order chi connectivity index (χ1) is 8.30. The average molecular weight is 277 g/mol. The molecule has 0 unspecified atom stereocenters. The van der Waals surface area contributed by atoms with Crippen molar-refractivity contribution in [3.63, 3.8) is 0 Å². The second kappa shape index (κ2) is 4.20. The third-order valence-corrected chi connectivity index (χ3v) is 2.71. The summed E-state index contributed by atoms with van der Waals surface area (Å²) in [5.74, 6) is 0. The highest BCUT2D eigenvalue weighted by Crippen LogP contribution is 2.29. The Morgan fingerprint density at radius 1 is 1.33 bits per heavy atom. The molecule has 0 aliphatic rings. The average Bonchev–Trinajstić information content (AvgIpc) is 2.55. The maximum Gasteiger partial charge on any atom is 0.433 e. The Hall–Kier alpha value is -1.69. The molecule has 7 heteroatoms. The lowest BCUT2D eigenvalue weighted by molar-refractivity contribution is -0.141. The van der Waals surface area contributed by atoms with Crippen LogP contribution in [0, 0.1) is 6.92 Å². The first kappa shape index (κ1) is 12.8. The number of alkyl halides is 3. The highest BCUT2D eigenvalue weighted by molar-refractivity contribution is 6.30. The molecule has 1 aromatic carbocycles. The van der Waals surface area contributed by atoms with Crippen LogP contribution in [-0.2, 0) is 6.18 Å². The van der Waals surface area contributed by atoms with E-state index in [0.717, 1.165) is 11.6 Å². The lowest BCUT2D eigenvalue weighted by Crippen LogP contribution is -2.15. The van der Waals surface area contributed by atoms with E-state index in [1.54, 1.807) is 12.1 Å². The molecule has 96 valence electrons. The van der Waals surface area contributed by atoms with Crippen molar-refractivity contribution in [2.24, 2.45) is 0 Å². The highest BCUT2D eigenvalue weighted by Gasteiger charge is 2.36. The monoisotopic (exact) mass is 276 g/mol. The van der Waals surface area contributed by atoms with Gasteiger partial charge in [-0.1, -0.05) is 17.7 Å². The number of rotatable bonds is 1. The van der Waals surface area contributed by atoms with Crippen LogP contribution in [0.15, 0.2) is 29.1 Å². The summed E-state index contributed by atoms with van der Waals surface area (Å²) in [5, 5.41) is 2.39. The van der Waals surface area contributed by atoms with Gasteiger partial charge >= 0.3 is 6.18 Å². The molecule has 2 rings (SSSR count). The normalized spacial score (nSPS) is 11.8. The van der Waals surface area contributed by atoms with E-state index in [1.165, 1.54) is 12.1 Å². The van der Waals surface area contributed by atoms with Gasteiger partial charge in [-0.05, 0) is 25.1 Å². The van der Waals surface area contributed by atoms with Crippen LogP contribution in [0.1, 0.15) is 11.3 Å². The molecule has 18 heavy (non-hydrogen) atoms. The van der Waals surface area contributed by atoms with Crippen LogP contribution in [-0.4, -0.2) is 9.78 Å². The van der Waals surface area contributed by atoms with Crippen molar-refractivity contribution in [1.29, 1.82) is 0 Å². The number of nitrogens with one attached hydrogen (secondary N) is 1.